The van der Waals surface area contributed by atoms with Crippen LogP contribution in [0.3, 0.4) is 0 Å². The van der Waals surface area contributed by atoms with E-state index in [0.717, 1.165) is 32.4 Å². The molecule has 0 saturated heterocycles. The van der Waals surface area contributed by atoms with E-state index in [4.69, 9.17) is 5.73 Å². The number of amides is 1. The number of rotatable bonds is 7. The van der Waals surface area contributed by atoms with Crippen LogP contribution in [-0.2, 0) is 11.3 Å². The van der Waals surface area contributed by atoms with E-state index in [1.54, 1.807) is 0 Å². The molecule has 1 aromatic rings. The Labute approximate surface area is 127 Å². The zero-order valence-electron chi connectivity index (χ0n) is 13.2. The van der Waals surface area contributed by atoms with Crippen molar-refractivity contribution >= 4 is 5.91 Å². The van der Waals surface area contributed by atoms with Crippen molar-refractivity contribution in [1.29, 1.82) is 0 Å². The van der Waals surface area contributed by atoms with E-state index in [1.165, 1.54) is 5.56 Å². The lowest BCUT2D eigenvalue weighted by Crippen LogP contribution is -2.51. The van der Waals surface area contributed by atoms with Gasteiger partial charge < -0.3 is 15.5 Å². The van der Waals surface area contributed by atoms with E-state index in [1.807, 2.05) is 37.2 Å². The molecule has 0 bridgehead atoms. The summed E-state index contributed by atoms with van der Waals surface area (Å²) in [5.74, 6) is 0.183. The molecule has 116 valence electrons. The molecule has 0 unspecified atom stereocenters. The largest absolute Gasteiger partial charge is 0.337 e. The molecule has 4 heteroatoms. The van der Waals surface area contributed by atoms with Crippen LogP contribution in [-0.4, -0.2) is 48.4 Å². The quantitative estimate of drug-likeness (QED) is 0.833. The van der Waals surface area contributed by atoms with Gasteiger partial charge in [-0.25, -0.2) is 0 Å². The molecule has 0 atom stereocenters. The minimum Gasteiger partial charge on any atom is -0.337 e. The Morgan fingerprint density at radius 3 is 2.38 bits per heavy atom. The van der Waals surface area contributed by atoms with Crippen molar-refractivity contribution in [3.05, 3.63) is 35.9 Å². The minimum absolute atomic E-state index is 0.183. The van der Waals surface area contributed by atoms with E-state index >= 15 is 0 Å². The fourth-order valence-corrected chi connectivity index (χ4v) is 2.64. The van der Waals surface area contributed by atoms with Gasteiger partial charge in [0, 0.05) is 31.6 Å². The maximum Gasteiger partial charge on any atom is 0.224 e. The lowest BCUT2D eigenvalue weighted by molar-refractivity contribution is -0.134. The molecule has 1 amide bonds. The molecule has 1 aliphatic rings. The van der Waals surface area contributed by atoms with Crippen LogP contribution >= 0.6 is 0 Å². The van der Waals surface area contributed by atoms with Gasteiger partial charge in [0.25, 0.3) is 0 Å². The molecule has 0 spiro atoms. The number of nitrogens with two attached hydrogens (primary N) is 1. The number of carbonyl (C=O) groups excluding carboxylic acids is 1. The Morgan fingerprint density at radius 1 is 1.19 bits per heavy atom. The number of hydrogen-bond donors (Lipinski definition) is 1. The Morgan fingerprint density at radius 2 is 1.86 bits per heavy atom. The Hall–Kier alpha value is -1.39. The molecule has 21 heavy (non-hydrogen) atoms. The maximum absolute atomic E-state index is 12.6. The first kappa shape index (κ1) is 16.0. The van der Waals surface area contributed by atoms with Crippen LogP contribution in [0.5, 0.6) is 0 Å². The van der Waals surface area contributed by atoms with Crippen LogP contribution in [0, 0.1) is 0 Å². The van der Waals surface area contributed by atoms with Crippen LogP contribution in [0.25, 0.3) is 0 Å². The van der Waals surface area contributed by atoms with E-state index in [9.17, 15) is 4.79 Å². The molecule has 0 radical (unpaired) electrons. The van der Waals surface area contributed by atoms with Gasteiger partial charge in [0.15, 0.2) is 0 Å². The van der Waals surface area contributed by atoms with E-state index < -0.39 is 0 Å². The molecule has 1 aromatic carbocycles. The molecule has 1 fully saturated rings. The van der Waals surface area contributed by atoms with Crippen molar-refractivity contribution in [1.82, 2.24) is 9.80 Å². The minimum atomic E-state index is -0.246. The number of likely N-dealkylation sites (N-methyl/N-ethyl adjacent to an activating group) is 1. The summed E-state index contributed by atoms with van der Waals surface area (Å²) in [6.45, 7) is 2.29. The predicted molar refractivity (Wildman–Crippen MR) is 85.8 cm³/mol. The van der Waals surface area contributed by atoms with Gasteiger partial charge in [0.2, 0.25) is 5.91 Å². The van der Waals surface area contributed by atoms with Gasteiger partial charge in [-0.2, -0.15) is 0 Å². The van der Waals surface area contributed by atoms with Crippen molar-refractivity contribution in [2.75, 3.05) is 27.2 Å². The summed E-state index contributed by atoms with van der Waals surface area (Å²) in [6, 6.07) is 10.2. The summed E-state index contributed by atoms with van der Waals surface area (Å²) in [4.78, 5) is 16.6. The second kappa shape index (κ2) is 7.05. The zero-order valence-corrected chi connectivity index (χ0v) is 13.2. The standard InChI is InChI=1S/C17H27N3O/c1-19(2)11-12-20(14-15-7-4-3-5-8-15)16(21)13-17(18)9-6-10-17/h3-5,7-8H,6,9-14,18H2,1-2H3. The third-order valence-corrected chi connectivity index (χ3v) is 4.24. The maximum atomic E-state index is 12.6. The second-order valence-corrected chi connectivity index (χ2v) is 6.50. The molecule has 0 heterocycles. The fraction of sp³-hybridized carbons (Fsp3) is 0.588. The highest BCUT2D eigenvalue weighted by Crippen LogP contribution is 2.32. The van der Waals surface area contributed by atoms with Gasteiger partial charge in [-0.05, 0) is 38.9 Å². The predicted octanol–water partition coefficient (Wildman–Crippen LogP) is 1.85. The van der Waals surface area contributed by atoms with E-state index in [2.05, 4.69) is 17.0 Å². The molecule has 2 rings (SSSR count). The molecule has 1 aliphatic carbocycles. The van der Waals surface area contributed by atoms with Crippen molar-refractivity contribution in [3.8, 4) is 0 Å². The normalized spacial score (nSPS) is 16.6. The van der Waals surface area contributed by atoms with Gasteiger partial charge in [-0.3, -0.25) is 4.79 Å². The lowest BCUT2D eigenvalue weighted by atomic mass is 9.75. The van der Waals surface area contributed by atoms with Gasteiger partial charge in [-0.15, -0.1) is 0 Å². The van der Waals surface area contributed by atoms with Crippen LogP contribution < -0.4 is 5.73 Å². The third-order valence-electron chi connectivity index (χ3n) is 4.24. The van der Waals surface area contributed by atoms with Crippen molar-refractivity contribution in [2.45, 2.75) is 37.8 Å². The number of carbonyl (C=O) groups is 1. The summed E-state index contributed by atoms with van der Waals surface area (Å²) in [5, 5.41) is 0. The molecule has 4 nitrogen and oxygen atoms in total. The Kier molecular flexibility index (Phi) is 5.37. The van der Waals surface area contributed by atoms with Crippen molar-refractivity contribution in [2.24, 2.45) is 5.73 Å². The summed E-state index contributed by atoms with van der Waals surface area (Å²) in [7, 11) is 4.06. The van der Waals surface area contributed by atoms with Crippen LogP contribution in [0.1, 0.15) is 31.2 Å². The molecule has 2 N–H and O–H groups in total. The number of benzene rings is 1. The first-order valence-corrected chi connectivity index (χ1v) is 7.74. The second-order valence-electron chi connectivity index (χ2n) is 6.50. The third kappa shape index (κ3) is 4.83. The topological polar surface area (TPSA) is 49.6 Å². The first-order valence-electron chi connectivity index (χ1n) is 7.74. The summed E-state index contributed by atoms with van der Waals surface area (Å²) in [6.07, 6.45) is 3.59. The fourth-order valence-electron chi connectivity index (χ4n) is 2.64. The zero-order chi connectivity index (χ0) is 15.3. The van der Waals surface area contributed by atoms with Crippen molar-refractivity contribution in [3.63, 3.8) is 0 Å². The van der Waals surface area contributed by atoms with Gasteiger partial charge in [0.05, 0.1) is 0 Å². The number of nitrogens with zero attached hydrogens (tertiary/aromatic N) is 2. The molecular weight excluding hydrogens is 262 g/mol. The van der Waals surface area contributed by atoms with Crippen LogP contribution in [0.15, 0.2) is 30.3 Å². The van der Waals surface area contributed by atoms with Gasteiger partial charge >= 0.3 is 0 Å². The highest BCUT2D eigenvalue weighted by Gasteiger charge is 2.35. The highest BCUT2D eigenvalue weighted by molar-refractivity contribution is 5.77. The molecule has 0 aromatic heterocycles. The highest BCUT2D eigenvalue weighted by atomic mass is 16.2. The Balaban J connectivity index is 1.98. The summed E-state index contributed by atoms with van der Waals surface area (Å²) in [5.41, 5.74) is 7.16. The van der Waals surface area contributed by atoms with E-state index in [0.29, 0.717) is 13.0 Å². The SMILES string of the molecule is CN(C)CCN(Cc1ccccc1)C(=O)CC1(N)CCC1. The van der Waals surface area contributed by atoms with E-state index in [-0.39, 0.29) is 11.4 Å². The average molecular weight is 289 g/mol. The summed E-state index contributed by atoms with van der Waals surface area (Å²) >= 11 is 0. The molecule has 1 saturated carbocycles. The molecular formula is C17H27N3O. The number of hydrogen-bond acceptors (Lipinski definition) is 3. The van der Waals surface area contributed by atoms with Crippen LogP contribution in [0.2, 0.25) is 0 Å². The van der Waals surface area contributed by atoms with Gasteiger partial charge in [-0.1, -0.05) is 30.3 Å². The lowest BCUT2D eigenvalue weighted by Gasteiger charge is -2.39. The van der Waals surface area contributed by atoms with Crippen molar-refractivity contribution < 1.29 is 4.79 Å². The molecule has 0 aliphatic heterocycles. The Bertz CT molecular complexity index is 454. The smallest absolute Gasteiger partial charge is 0.224 e. The monoisotopic (exact) mass is 289 g/mol. The van der Waals surface area contributed by atoms with Gasteiger partial charge in [0.1, 0.15) is 0 Å². The van der Waals surface area contributed by atoms with Crippen LogP contribution in [0.4, 0.5) is 0 Å². The summed E-state index contributed by atoms with van der Waals surface area (Å²) < 4.78 is 0. The first-order chi connectivity index (χ1) is 9.98. The average Bonchev–Trinajstić information content (AvgIpc) is 2.42.